The molecule has 0 radical (unpaired) electrons. The first kappa shape index (κ1) is 5.78. The van der Waals surface area contributed by atoms with Crippen molar-refractivity contribution >= 4 is 26.7 Å². The lowest BCUT2D eigenvalue weighted by Gasteiger charge is -1.95. The van der Waals surface area contributed by atoms with E-state index in [1.807, 2.05) is 24.3 Å². The molecular formula is C10H7Br. The Labute approximate surface area is 75.4 Å². The lowest BCUT2D eigenvalue weighted by molar-refractivity contribution is 1.70. The molecule has 0 aliphatic heterocycles. The summed E-state index contributed by atoms with van der Waals surface area (Å²) in [6.07, 6.45) is 0. The Balaban J connectivity index is 2.79. The van der Waals surface area contributed by atoms with E-state index in [-0.39, 0.29) is 0 Å². The molecule has 0 nitrogen and oxygen atoms in total. The molecule has 11 heavy (non-hydrogen) atoms. The highest BCUT2D eigenvalue weighted by Gasteiger charge is 1.90. The SMILES string of the molecule is [2H]c1ccc2cc(Br)ccc2c1. The minimum Gasteiger partial charge on any atom is -0.0616 e. The molecule has 2 rings (SSSR count). The highest BCUT2D eigenvalue weighted by atomic mass is 79.9. The normalized spacial score (nSPS) is 11.5. The topological polar surface area (TPSA) is 0 Å². The van der Waals surface area contributed by atoms with E-state index in [2.05, 4.69) is 22.0 Å². The van der Waals surface area contributed by atoms with Crippen LogP contribution in [-0.4, -0.2) is 0 Å². The summed E-state index contributed by atoms with van der Waals surface area (Å²) in [4.78, 5) is 0. The quantitative estimate of drug-likeness (QED) is 0.620. The molecule has 0 spiro atoms. The summed E-state index contributed by atoms with van der Waals surface area (Å²) in [5.74, 6) is 0. The standard InChI is InChI=1S/C10H7Br/c11-10-6-5-8-3-1-2-4-9(8)7-10/h1-7H/i1D. The van der Waals surface area contributed by atoms with E-state index < -0.39 is 0 Å². The minimum absolute atomic E-state index is 0.560. The number of fused-ring (bicyclic) bond motifs is 1. The molecular weight excluding hydrogens is 200 g/mol. The van der Waals surface area contributed by atoms with Crippen molar-refractivity contribution in [3.63, 3.8) is 0 Å². The van der Waals surface area contributed by atoms with Gasteiger partial charge in [0.25, 0.3) is 0 Å². The zero-order valence-corrected chi connectivity index (χ0v) is 7.43. The van der Waals surface area contributed by atoms with Crippen LogP contribution in [0.15, 0.2) is 46.9 Å². The van der Waals surface area contributed by atoms with E-state index in [1.165, 1.54) is 5.39 Å². The van der Waals surface area contributed by atoms with Crippen LogP contribution in [0.2, 0.25) is 0 Å². The molecule has 2 aromatic carbocycles. The van der Waals surface area contributed by atoms with Crippen LogP contribution in [0.5, 0.6) is 0 Å². The fourth-order valence-corrected chi connectivity index (χ4v) is 1.48. The van der Waals surface area contributed by atoms with Gasteiger partial charge in [-0.1, -0.05) is 46.2 Å². The van der Waals surface area contributed by atoms with Gasteiger partial charge < -0.3 is 0 Å². The Morgan fingerprint density at radius 3 is 2.91 bits per heavy atom. The maximum absolute atomic E-state index is 7.42. The maximum Gasteiger partial charge on any atom is 0.0623 e. The van der Waals surface area contributed by atoms with Gasteiger partial charge in [-0.15, -0.1) is 0 Å². The van der Waals surface area contributed by atoms with Crippen molar-refractivity contribution in [2.24, 2.45) is 0 Å². The number of benzene rings is 2. The second kappa shape index (κ2) is 2.67. The van der Waals surface area contributed by atoms with Crippen LogP contribution in [0.3, 0.4) is 0 Å². The van der Waals surface area contributed by atoms with Crippen LogP contribution in [0, 0.1) is 0 Å². The molecule has 0 unspecified atom stereocenters. The summed E-state index contributed by atoms with van der Waals surface area (Å²) in [5.41, 5.74) is 0. The Bertz CT molecular complexity index is 382. The van der Waals surface area contributed by atoms with Gasteiger partial charge in [-0.05, 0) is 22.9 Å². The molecule has 0 aliphatic carbocycles. The van der Waals surface area contributed by atoms with Gasteiger partial charge in [-0.25, -0.2) is 0 Å². The third-order valence-corrected chi connectivity index (χ3v) is 2.14. The van der Waals surface area contributed by atoms with E-state index in [9.17, 15) is 0 Å². The summed E-state index contributed by atoms with van der Waals surface area (Å²) in [6, 6.07) is 12.2. The van der Waals surface area contributed by atoms with Gasteiger partial charge in [-0.3, -0.25) is 0 Å². The number of hydrogen-bond donors (Lipinski definition) is 0. The first-order valence-electron chi connectivity index (χ1n) is 3.92. The molecule has 2 aromatic rings. The number of hydrogen-bond acceptors (Lipinski definition) is 0. The Kier molecular flexibility index (Phi) is 1.40. The second-order valence-electron chi connectivity index (χ2n) is 2.42. The van der Waals surface area contributed by atoms with E-state index in [1.54, 1.807) is 6.07 Å². The summed E-state index contributed by atoms with van der Waals surface area (Å²) >= 11 is 3.40. The van der Waals surface area contributed by atoms with Gasteiger partial charge in [0.2, 0.25) is 0 Å². The van der Waals surface area contributed by atoms with Crippen molar-refractivity contribution in [2.45, 2.75) is 0 Å². The molecule has 54 valence electrons. The molecule has 0 fully saturated rings. The first-order valence-corrected chi connectivity index (χ1v) is 4.21. The van der Waals surface area contributed by atoms with Crippen molar-refractivity contribution in [2.75, 3.05) is 0 Å². The molecule has 0 aliphatic rings. The van der Waals surface area contributed by atoms with Crippen molar-refractivity contribution in [1.29, 1.82) is 0 Å². The molecule has 1 heteroatoms. The van der Waals surface area contributed by atoms with Crippen molar-refractivity contribution in [3.8, 4) is 0 Å². The predicted molar refractivity (Wildman–Crippen MR) is 51.6 cm³/mol. The fourth-order valence-electron chi connectivity index (χ4n) is 1.10. The number of rotatable bonds is 0. The number of halogens is 1. The van der Waals surface area contributed by atoms with Crippen LogP contribution in [-0.2, 0) is 0 Å². The molecule has 0 heterocycles. The highest BCUT2D eigenvalue weighted by molar-refractivity contribution is 9.10. The lowest BCUT2D eigenvalue weighted by atomic mass is 10.1. The zero-order chi connectivity index (χ0) is 8.55. The van der Waals surface area contributed by atoms with Crippen LogP contribution < -0.4 is 0 Å². The van der Waals surface area contributed by atoms with Gasteiger partial charge in [0.1, 0.15) is 0 Å². The van der Waals surface area contributed by atoms with E-state index >= 15 is 0 Å². The average molecular weight is 208 g/mol. The smallest absolute Gasteiger partial charge is 0.0616 e. The van der Waals surface area contributed by atoms with E-state index in [0.29, 0.717) is 6.04 Å². The summed E-state index contributed by atoms with van der Waals surface area (Å²) in [5, 5.41) is 2.28. The van der Waals surface area contributed by atoms with Crippen molar-refractivity contribution in [1.82, 2.24) is 0 Å². The molecule has 0 saturated heterocycles. The summed E-state index contributed by atoms with van der Waals surface area (Å²) in [7, 11) is 0. The summed E-state index contributed by atoms with van der Waals surface area (Å²) < 4.78 is 8.50. The third kappa shape index (κ3) is 1.29. The van der Waals surface area contributed by atoms with E-state index in [0.717, 1.165) is 9.86 Å². The minimum atomic E-state index is 0.560. The Hall–Kier alpha value is -0.820. The molecule has 0 amide bonds. The third-order valence-electron chi connectivity index (χ3n) is 1.65. The van der Waals surface area contributed by atoms with Crippen molar-refractivity contribution in [3.05, 3.63) is 46.9 Å². The molecule has 0 saturated carbocycles. The maximum atomic E-state index is 7.42. The van der Waals surface area contributed by atoms with Gasteiger partial charge >= 0.3 is 0 Å². The highest BCUT2D eigenvalue weighted by Crippen LogP contribution is 2.18. The van der Waals surface area contributed by atoms with Crippen LogP contribution in [0.4, 0.5) is 0 Å². The fraction of sp³-hybridized carbons (Fsp3) is 0. The van der Waals surface area contributed by atoms with Crippen LogP contribution >= 0.6 is 15.9 Å². The Morgan fingerprint density at radius 1 is 1.09 bits per heavy atom. The predicted octanol–water partition coefficient (Wildman–Crippen LogP) is 3.60. The van der Waals surface area contributed by atoms with Gasteiger partial charge in [0.15, 0.2) is 0 Å². The van der Waals surface area contributed by atoms with Gasteiger partial charge in [-0.2, -0.15) is 0 Å². The molecule has 0 N–H and O–H groups in total. The summed E-state index contributed by atoms with van der Waals surface area (Å²) in [6.45, 7) is 0. The largest absolute Gasteiger partial charge is 0.0623 e. The van der Waals surface area contributed by atoms with Crippen molar-refractivity contribution < 1.29 is 1.37 Å². The first-order chi connectivity index (χ1) is 5.75. The molecule has 0 aromatic heterocycles. The average Bonchev–Trinajstić information content (AvgIpc) is 2.05. The molecule has 0 atom stereocenters. The Morgan fingerprint density at radius 2 is 2.00 bits per heavy atom. The monoisotopic (exact) mass is 207 g/mol. The van der Waals surface area contributed by atoms with Crippen LogP contribution in [0.25, 0.3) is 10.8 Å². The van der Waals surface area contributed by atoms with E-state index in [4.69, 9.17) is 1.37 Å². The van der Waals surface area contributed by atoms with Gasteiger partial charge in [0, 0.05) is 4.47 Å². The van der Waals surface area contributed by atoms with Gasteiger partial charge in [0.05, 0.1) is 1.37 Å². The van der Waals surface area contributed by atoms with Crippen LogP contribution in [0.1, 0.15) is 1.37 Å². The second-order valence-corrected chi connectivity index (χ2v) is 3.33. The lowest BCUT2D eigenvalue weighted by Crippen LogP contribution is -1.69. The zero-order valence-electron chi connectivity index (χ0n) is 6.84. The molecule has 0 bridgehead atoms.